The Labute approximate surface area is 129 Å². The van der Waals surface area contributed by atoms with Crippen LogP contribution in [0.15, 0.2) is 41.8 Å². The van der Waals surface area contributed by atoms with Gasteiger partial charge in [0, 0.05) is 11.4 Å². The Balaban J connectivity index is 1.93. The van der Waals surface area contributed by atoms with Gasteiger partial charge < -0.3 is 11.1 Å². The highest BCUT2D eigenvalue weighted by molar-refractivity contribution is 7.10. The number of benzene rings is 1. The smallest absolute Gasteiger partial charge is 0.252 e. The molecular weight excluding hydrogens is 280 g/mol. The molecule has 0 aliphatic carbocycles. The van der Waals surface area contributed by atoms with Crippen LogP contribution in [0.3, 0.4) is 0 Å². The summed E-state index contributed by atoms with van der Waals surface area (Å²) >= 11 is 1.46. The van der Waals surface area contributed by atoms with E-state index < -0.39 is 0 Å². The summed E-state index contributed by atoms with van der Waals surface area (Å²) in [7, 11) is 0. The molecule has 3 nitrogen and oxygen atoms in total. The third kappa shape index (κ3) is 4.75. The summed E-state index contributed by atoms with van der Waals surface area (Å²) in [4.78, 5) is 13.0. The molecule has 0 saturated carbocycles. The maximum absolute atomic E-state index is 12.2. The SMILES string of the molecule is CC(Cc1ccccc1)NC(=O)c1csc(C#CCN)c1. The van der Waals surface area contributed by atoms with Gasteiger partial charge in [-0.2, -0.15) is 0 Å². The average Bonchev–Trinajstić information content (AvgIpc) is 2.95. The molecule has 0 spiro atoms. The molecule has 0 fully saturated rings. The Morgan fingerprint density at radius 1 is 1.38 bits per heavy atom. The number of hydrogen-bond donors (Lipinski definition) is 2. The summed E-state index contributed by atoms with van der Waals surface area (Å²) in [5.41, 5.74) is 7.20. The van der Waals surface area contributed by atoms with E-state index in [1.54, 1.807) is 6.07 Å². The fourth-order valence-electron chi connectivity index (χ4n) is 1.98. The van der Waals surface area contributed by atoms with Crippen LogP contribution in [0.25, 0.3) is 0 Å². The lowest BCUT2D eigenvalue weighted by atomic mass is 10.1. The van der Waals surface area contributed by atoms with Crippen molar-refractivity contribution in [1.29, 1.82) is 0 Å². The van der Waals surface area contributed by atoms with Crippen LogP contribution in [-0.2, 0) is 6.42 Å². The lowest BCUT2D eigenvalue weighted by Gasteiger charge is -2.13. The van der Waals surface area contributed by atoms with E-state index >= 15 is 0 Å². The first-order chi connectivity index (χ1) is 10.2. The van der Waals surface area contributed by atoms with E-state index in [1.807, 2.05) is 30.5 Å². The lowest BCUT2D eigenvalue weighted by Crippen LogP contribution is -2.33. The van der Waals surface area contributed by atoms with Gasteiger partial charge in [-0.25, -0.2) is 0 Å². The lowest BCUT2D eigenvalue weighted by molar-refractivity contribution is 0.0940. The molecule has 1 atom stereocenters. The minimum Gasteiger partial charge on any atom is -0.349 e. The van der Waals surface area contributed by atoms with E-state index in [9.17, 15) is 4.79 Å². The van der Waals surface area contributed by atoms with Crippen molar-refractivity contribution in [3.05, 3.63) is 57.8 Å². The molecular formula is C17H18N2OS. The third-order valence-electron chi connectivity index (χ3n) is 2.94. The van der Waals surface area contributed by atoms with E-state index in [0.717, 1.165) is 11.3 Å². The van der Waals surface area contributed by atoms with Crippen LogP contribution < -0.4 is 11.1 Å². The summed E-state index contributed by atoms with van der Waals surface area (Å²) in [6.07, 6.45) is 0.816. The van der Waals surface area contributed by atoms with Crippen LogP contribution in [0.5, 0.6) is 0 Å². The van der Waals surface area contributed by atoms with Crippen molar-refractivity contribution in [2.45, 2.75) is 19.4 Å². The molecule has 1 aromatic heterocycles. The monoisotopic (exact) mass is 298 g/mol. The highest BCUT2D eigenvalue weighted by atomic mass is 32.1. The van der Waals surface area contributed by atoms with Gasteiger partial charge in [-0.15, -0.1) is 11.3 Å². The van der Waals surface area contributed by atoms with Gasteiger partial charge in [0.05, 0.1) is 17.0 Å². The molecule has 2 rings (SSSR count). The van der Waals surface area contributed by atoms with Crippen LogP contribution in [0.1, 0.15) is 27.7 Å². The second-order valence-corrected chi connectivity index (χ2v) is 5.68. The van der Waals surface area contributed by atoms with Crippen molar-refractivity contribution < 1.29 is 4.79 Å². The largest absolute Gasteiger partial charge is 0.349 e. The first-order valence-corrected chi connectivity index (χ1v) is 7.69. The highest BCUT2D eigenvalue weighted by Gasteiger charge is 2.11. The van der Waals surface area contributed by atoms with Crippen molar-refractivity contribution in [2.24, 2.45) is 5.73 Å². The van der Waals surface area contributed by atoms with Crippen molar-refractivity contribution >= 4 is 17.2 Å². The van der Waals surface area contributed by atoms with Crippen LogP contribution >= 0.6 is 11.3 Å². The molecule has 0 bridgehead atoms. The van der Waals surface area contributed by atoms with E-state index in [2.05, 4.69) is 29.3 Å². The predicted octanol–water partition coefficient (Wildman–Crippen LogP) is 2.42. The minimum atomic E-state index is -0.0597. The second kappa shape index (κ2) is 7.63. The Morgan fingerprint density at radius 2 is 2.14 bits per heavy atom. The molecule has 0 radical (unpaired) electrons. The average molecular weight is 298 g/mol. The quantitative estimate of drug-likeness (QED) is 0.852. The van der Waals surface area contributed by atoms with Crippen molar-refractivity contribution in [3.8, 4) is 11.8 Å². The Bertz CT molecular complexity index is 652. The molecule has 4 heteroatoms. The van der Waals surface area contributed by atoms with Crippen LogP contribution in [-0.4, -0.2) is 18.5 Å². The van der Waals surface area contributed by atoms with Gasteiger partial charge in [0.15, 0.2) is 0 Å². The second-order valence-electron chi connectivity index (χ2n) is 4.77. The van der Waals surface area contributed by atoms with E-state index in [-0.39, 0.29) is 11.9 Å². The van der Waals surface area contributed by atoms with Crippen molar-refractivity contribution in [2.75, 3.05) is 6.54 Å². The summed E-state index contributed by atoms with van der Waals surface area (Å²) in [6, 6.07) is 12.0. The van der Waals surface area contributed by atoms with Gasteiger partial charge in [-0.3, -0.25) is 4.79 Å². The van der Waals surface area contributed by atoms with Gasteiger partial charge in [-0.1, -0.05) is 42.2 Å². The molecule has 0 aliphatic heterocycles. The normalized spacial score (nSPS) is 11.3. The topological polar surface area (TPSA) is 55.1 Å². The van der Waals surface area contributed by atoms with Crippen molar-refractivity contribution in [1.82, 2.24) is 5.32 Å². The van der Waals surface area contributed by atoms with Gasteiger partial charge in [0.1, 0.15) is 0 Å². The number of carbonyl (C=O) groups is 1. The number of hydrogen-bond acceptors (Lipinski definition) is 3. The summed E-state index contributed by atoms with van der Waals surface area (Å²) < 4.78 is 0. The number of thiophene rings is 1. The summed E-state index contributed by atoms with van der Waals surface area (Å²) in [6.45, 7) is 2.33. The van der Waals surface area contributed by atoms with Crippen LogP contribution in [0, 0.1) is 11.8 Å². The molecule has 0 saturated heterocycles. The first-order valence-electron chi connectivity index (χ1n) is 6.81. The molecule has 2 aromatic rings. The maximum Gasteiger partial charge on any atom is 0.252 e. The van der Waals surface area contributed by atoms with Gasteiger partial charge in [0.2, 0.25) is 0 Å². The number of amides is 1. The molecule has 21 heavy (non-hydrogen) atoms. The molecule has 0 aliphatic rings. The van der Waals surface area contributed by atoms with Crippen molar-refractivity contribution in [3.63, 3.8) is 0 Å². The Kier molecular flexibility index (Phi) is 5.56. The molecule has 1 amide bonds. The number of rotatable bonds is 4. The standard InChI is InChI=1S/C17H18N2OS/c1-13(10-14-6-3-2-4-7-14)19-17(20)15-11-16(21-12-15)8-5-9-18/h2-4,6-7,11-13H,9-10,18H2,1H3,(H,19,20). The third-order valence-corrected chi connectivity index (χ3v) is 3.78. The summed E-state index contributed by atoms with van der Waals surface area (Å²) in [5, 5.41) is 4.83. The zero-order valence-electron chi connectivity index (χ0n) is 11.9. The Morgan fingerprint density at radius 3 is 2.86 bits per heavy atom. The van der Waals surface area contributed by atoms with E-state index in [0.29, 0.717) is 12.1 Å². The zero-order chi connectivity index (χ0) is 15.1. The van der Waals surface area contributed by atoms with E-state index in [4.69, 9.17) is 5.73 Å². The molecule has 1 aromatic carbocycles. The number of nitrogens with two attached hydrogens (primary N) is 1. The molecule has 1 heterocycles. The van der Waals surface area contributed by atoms with E-state index in [1.165, 1.54) is 16.9 Å². The van der Waals surface area contributed by atoms with Gasteiger partial charge in [0.25, 0.3) is 5.91 Å². The van der Waals surface area contributed by atoms with Crippen LogP contribution in [0.4, 0.5) is 0 Å². The first kappa shape index (κ1) is 15.3. The predicted molar refractivity (Wildman–Crippen MR) is 87.3 cm³/mol. The fourth-order valence-corrected chi connectivity index (χ4v) is 2.74. The molecule has 3 N–H and O–H groups in total. The maximum atomic E-state index is 12.2. The summed E-state index contributed by atoms with van der Waals surface area (Å²) in [5.74, 6) is 5.66. The number of nitrogens with one attached hydrogen (secondary N) is 1. The highest BCUT2D eigenvalue weighted by Crippen LogP contribution is 2.14. The van der Waals surface area contributed by atoms with Crippen LogP contribution in [0.2, 0.25) is 0 Å². The Hall–Kier alpha value is -2.09. The van der Waals surface area contributed by atoms with Gasteiger partial charge >= 0.3 is 0 Å². The fraction of sp³-hybridized carbons (Fsp3) is 0.235. The molecule has 108 valence electrons. The van der Waals surface area contributed by atoms with Gasteiger partial charge in [-0.05, 0) is 25.0 Å². The molecule has 1 unspecified atom stereocenters. The minimum absolute atomic E-state index is 0.0597. The number of carbonyl (C=O) groups excluding carboxylic acids is 1. The zero-order valence-corrected chi connectivity index (χ0v) is 12.7.